The summed E-state index contributed by atoms with van der Waals surface area (Å²) in [5.41, 5.74) is 0.890. The molecule has 0 unspecified atom stereocenters. The Labute approximate surface area is 187 Å². The summed E-state index contributed by atoms with van der Waals surface area (Å²) in [7, 11) is -4.09. The van der Waals surface area contributed by atoms with Gasteiger partial charge in [0.25, 0.3) is 15.9 Å². The lowest BCUT2D eigenvalue weighted by Crippen LogP contribution is -2.42. The lowest BCUT2D eigenvalue weighted by molar-refractivity contribution is -0.137. The molecule has 2 heterocycles. The monoisotopic (exact) mass is 474 g/mol. The highest BCUT2D eigenvalue weighted by molar-refractivity contribution is 7.92. The molecule has 4 rings (SSSR count). The van der Waals surface area contributed by atoms with Crippen LogP contribution in [0.3, 0.4) is 0 Å². The summed E-state index contributed by atoms with van der Waals surface area (Å²) < 4.78 is 33.4. The largest absolute Gasteiger partial charge is 0.482 e. The van der Waals surface area contributed by atoms with Crippen LogP contribution in [0.5, 0.6) is 5.75 Å². The first-order valence-electron chi connectivity index (χ1n) is 9.63. The molecule has 13 heteroatoms. The first kappa shape index (κ1) is 22.1. The Morgan fingerprint density at radius 2 is 1.79 bits per heavy atom. The summed E-state index contributed by atoms with van der Waals surface area (Å²) in [6, 6.07) is 9.42. The van der Waals surface area contributed by atoms with Crippen molar-refractivity contribution in [3.63, 3.8) is 0 Å². The van der Waals surface area contributed by atoms with Crippen LogP contribution in [0.2, 0.25) is 0 Å². The maximum atomic E-state index is 12.9. The zero-order valence-electron chi connectivity index (χ0n) is 17.0. The van der Waals surface area contributed by atoms with Crippen molar-refractivity contribution in [1.82, 2.24) is 10.2 Å². The van der Waals surface area contributed by atoms with Gasteiger partial charge < -0.3 is 15.2 Å². The van der Waals surface area contributed by atoms with Gasteiger partial charge >= 0.3 is 12.0 Å². The van der Waals surface area contributed by atoms with Crippen LogP contribution >= 0.6 is 0 Å². The number of hydrogen-bond donors (Lipinski definition) is 3. The summed E-state index contributed by atoms with van der Waals surface area (Å²) in [6.07, 6.45) is 0. The molecule has 1 saturated heterocycles. The van der Waals surface area contributed by atoms with E-state index in [9.17, 15) is 27.6 Å². The lowest BCUT2D eigenvalue weighted by Gasteiger charge is -2.28. The number of nitrogens with zero attached hydrogens (tertiary/aromatic N) is 2. The molecular formula is C20H18N4O8S. The lowest BCUT2D eigenvalue weighted by atomic mass is 10.2. The molecule has 0 aromatic heterocycles. The van der Waals surface area contributed by atoms with Gasteiger partial charge in [0, 0.05) is 5.69 Å². The molecule has 0 radical (unpaired) electrons. The number of amides is 4. The summed E-state index contributed by atoms with van der Waals surface area (Å²) in [5.74, 6) is -2.01. The molecule has 0 bridgehead atoms. The van der Waals surface area contributed by atoms with E-state index in [2.05, 4.69) is 10.0 Å². The van der Waals surface area contributed by atoms with Crippen molar-refractivity contribution in [1.29, 1.82) is 0 Å². The molecule has 0 atom stereocenters. The van der Waals surface area contributed by atoms with E-state index >= 15 is 0 Å². The number of aliphatic carboxylic acids is 1. The Balaban J connectivity index is 1.53. The zero-order valence-corrected chi connectivity index (χ0v) is 17.8. The first-order valence-corrected chi connectivity index (χ1v) is 11.1. The fourth-order valence-corrected chi connectivity index (χ4v) is 4.43. The average molecular weight is 474 g/mol. The number of urea groups is 1. The van der Waals surface area contributed by atoms with Crippen LogP contribution in [-0.4, -0.2) is 61.9 Å². The van der Waals surface area contributed by atoms with Crippen molar-refractivity contribution in [2.45, 2.75) is 11.4 Å². The normalized spacial score (nSPS) is 15.7. The molecule has 33 heavy (non-hydrogen) atoms. The van der Waals surface area contributed by atoms with Crippen LogP contribution in [0.25, 0.3) is 0 Å². The van der Waals surface area contributed by atoms with Crippen LogP contribution in [0.4, 0.5) is 16.2 Å². The minimum Gasteiger partial charge on any atom is -0.482 e. The number of anilines is 2. The number of benzene rings is 2. The number of fused-ring (bicyclic) bond motifs is 1. The highest BCUT2D eigenvalue weighted by atomic mass is 32.2. The predicted octanol–water partition coefficient (Wildman–Crippen LogP) is 0.349. The number of carbonyl (C=O) groups excluding carboxylic acids is 3. The summed E-state index contributed by atoms with van der Waals surface area (Å²) in [6.45, 7) is -0.985. The predicted molar refractivity (Wildman–Crippen MR) is 113 cm³/mol. The molecule has 4 amide bonds. The molecule has 0 saturated carbocycles. The Morgan fingerprint density at radius 3 is 2.42 bits per heavy atom. The van der Waals surface area contributed by atoms with Crippen molar-refractivity contribution >= 4 is 45.2 Å². The highest BCUT2D eigenvalue weighted by Crippen LogP contribution is 2.34. The second-order valence-corrected chi connectivity index (χ2v) is 8.92. The van der Waals surface area contributed by atoms with Gasteiger partial charge in [0.15, 0.2) is 6.61 Å². The maximum absolute atomic E-state index is 12.9. The zero-order chi connectivity index (χ0) is 23.8. The molecule has 172 valence electrons. The van der Waals surface area contributed by atoms with E-state index in [-0.39, 0.29) is 47.6 Å². The van der Waals surface area contributed by atoms with Gasteiger partial charge in [-0.25, -0.2) is 13.2 Å². The number of nitrogens with one attached hydrogen (secondary N) is 2. The van der Waals surface area contributed by atoms with Crippen LogP contribution in [-0.2, 0) is 31.0 Å². The van der Waals surface area contributed by atoms with Crippen LogP contribution in [0, 0.1) is 0 Å². The van der Waals surface area contributed by atoms with E-state index in [4.69, 9.17) is 9.84 Å². The van der Waals surface area contributed by atoms with E-state index in [1.165, 1.54) is 30.3 Å². The number of carboxylic acid groups (broad SMARTS) is 1. The van der Waals surface area contributed by atoms with E-state index in [0.29, 0.717) is 5.56 Å². The van der Waals surface area contributed by atoms with Gasteiger partial charge in [-0.3, -0.25) is 28.9 Å². The van der Waals surface area contributed by atoms with Crippen molar-refractivity contribution in [2.75, 3.05) is 29.3 Å². The number of imide groups is 1. The topological polar surface area (TPSA) is 162 Å². The number of rotatable bonds is 7. The second-order valence-electron chi connectivity index (χ2n) is 7.23. The quantitative estimate of drug-likeness (QED) is 0.484. The molecule has 0 aliphatic carbocycles. The minimum absolute atomic E-state index is 0.0421. The van der Waals surface area contributed by atoms with E-state index in [0.717, 1.165) is 9.80 Å². The maximum Gasteiger partial charge on any atom is 0.324 e. The summed E-state index contributed by atoms with van der Waals surface area (Å²) in [4.78, 5) is 48.3. The molecular weight excluding hydrogens is 456 g/mol. The molecule has 12 nitrogen and oxygen atoms in total. The Kier molecular flexibility index (Phi) is 5.64. The van der Waals surface area contributed by atoms with Gasteiger partial charge in [-0.2, -0.15) is 0 Å². The highest BCUT2D eigenvalue weighted by Gasteiger charge is 2.30. The van der Waals surface area contributed by atoms with E-state index < -0.39 is 34.5 Å². The van der Waals surface area contributed by atoms with Crippen LogP contribution < -0.4 is 19.7 Å². The van der Waals surface area contributed by atoms with Gasteiger partial charge in [-0.15, -0.1) is 0 Å². The number of sulfonamides is 1. The second kappa shape index (κ2) is 8.43. The van der Waals surface area contributed by atoms with Crippen molar-refractivity contribution in [2.24, 2.45) is 0 Å². The third kappa shape index (κ3) is 4.57. The molecule has 1 fully saturated rings. The number of carboxylic acids is 1. The molecule has 2 aromatic carbocycles. The SMILES string of the molecule is O=C(O)CN1C(=O)COc2ccc(S(=O)(=O)Nc3ccc(CN4C(=O)CNC4=O)cc3)cc21. The molecule has 2 aliphatic heterocycles. The molecule has 3 N–H and O–H groups in total. The fraction of sp³-hybridized carbons (Fsp3) is 0.200. The van der Waals surface area contributed by atoms with Gasteiger partial charge in [0.05, 0.1) is 23.7 Å². The number of hydrogen-bond acceptors (Lipinski definition) is 7. The minimum atomic E-state index is -4.09. The van der Waals surface area contributed by atoms with Crippen molar-refractivity contribution < 1.29 is 37.4 Å². The summed E-state index contributed by atoms with van der Waals surface area (Å²) >= 11 is 0. The average Bonchev–Trinajstić information content (AvgIpc) is 3.08. The van der Waals surface area contributed by atoms with E-state index in [1.54, 1.807) is 12.1 Å². The van der Waals surface area contributed by atoms with Gasteiger partial charge in [0.2, 0.25) is 5.91 Å². The fourth-order valence-electron chi connectivity index (χ4n) is 3.35. The van der Waals surface area contributed by atoms with Crippen LogP contribution in [0.15, 0.2) is 47.4 Å². The Morgan fingerprint density at radius 1 is 1.06 bits per heavy atom. The Bertz CT molecular complexity index is 1240. The smallest absolute Gasteiger partial charge is 0.324 e. The number of carbonyl (C=O) groups is 4. The van der Waals surface area contributed by atoms with Crippen molar-refractivity contribution in [3.8, 4) is 5.75 Å². The Hall–Kier alpha value is -4.13. The number of ether oxygens (including phenoxy) is 1. The first-order chi connectivity index (χ1) is 15.6. The third-order valence-electron chi connectivity index (χ3n) is 4.96. The standard InChI is InChI=1S/C20H18N4O8S/c25-17-8-21-20(29)24(17)9-12-1-3-13(4-2-12)22-33(30,31)14-5-6-16-15(7-14)23(10-19(27)28)18(26)11-32-16/h1-7,22H,8-11H2,(H,21,29)(H,27,28). The third-order valence-corrected chi connectivity index (χ3v) is 6.34. The van der Waals surface area contributed by atoms with E-state index in [1.807, 2.05) is 0 Å². The van der Waals surface area contributed by atoms with Gasteiger partial charge in [-0.05, 0) is 35.9 Å². The van der Waals surface area contributed by atoms with Crippen molar-refractivity contribution in [3.05, 3.63) is 48.0 Å². The molecule has 2 aromatic rings. The molecule has 0 spiro atoms. The molecule has 2 aliphatic rings. The van der Waals surface area contributed by atoms with Crippen LogP contribution in [0.1, 0.15) is 5.56 Å². The van der Waals surface area contributed by atoms with Gasteiger partial charge in [0.1, 0.15) is 12.3 Å². The summed E-state index contributed by atoms with van der Waals surface area (Å²) in [5, 5.41) is 11.5. The van der Waals surface area contributed by atoms with Gasteiger partial charge in [-0.1, -0.05) is 12.1 Å².